The molecule has 0 radical (unpaired) electrons. The molecule has 0 aliphatic carbocycles. The lowest BCUT2D eigenvalue weighted by atomic mass is 10.3. The Balaban J connectivity index is 2.86. The number of aromatic nitrogens is 1. The van der Waals surface area contributed by atoms with Crippen LogP contribution in [0.4, 0.5) is 0 Å². The summed E-state index contributed by atoms with van der Waals surface area (Å²) in [5.41, 5.74) is 5.07. The average Bonchev–Trinajstić information content (AvgIpc) is 2.56. The molecule has 0 aromatic carbocycles. The maximum absolute atomic E-state index is 11.7. The Labute approximate surface area is 102 Å². The predicted molar refractivity (Wildman–Crippen MR) is 63.8 cm³/mol. The second-order valence-electron chi connectivity index (χ2n) is 3.68. The van der Waals surface area contributed by atoms with Crippen LogP contribution in [0.2, 0.25) is 0 Å². The van der Waals surface area contributed by atoms with Gasteiger partial charge in [0.25, 0.3) is 5.91 Å². The van der Waals surface area contributed by atoms with E-state index in [1.54, 1.807) is 6.07 Å². The summed E-state index contributed by atoms with van der Waals surface area (Å²) in [7, 11) is 0. The second-order valence-corrected chi connectivity index (χ2v) is 4.60. The fourth-order valence-electron chi connectivity index (χ4n) is 1.26. The lowest BCUT2D eigenvalue weighted by Gasteiger charge is -2.12. The molecule has 1 aromatic rings. The zero-order valence-electron chi connectivity index (χ0n) is 9.37. The summed E-state index contributed by atoms with van der Waals surface area (Å²) in [6.45, 7) is 5.28. The quantitative estimate of drug-likeness (QED) is 0.812. The Bertz CT molecular complexity index is 412. The van der Waals surface area contributed by atoms with Crippen molar-refractivity contribution in [1.29, 1.82) is 0 Å². The van der Waals surface area contributed by atoms with Crippen LogP contribution in [0.25, 0.3) is 0 Å². The van der Waals surface area contributed by atoms with Crippen LogP contribution in [0.5, 0.6) is 0 Å². The van der Waals surface area contributed by atoms with Crippen molar-refractivity contribution in [2.75, 3.05) is 0 Å². The average molecular weight is 288 g/mol. The van der Waals surface area contributed by atoms with Crippen molar-refractivity contribution < 1.29 is 9.59 Å². The van der Waals surface area contributed by atoms with Crippen molar-refractivity contribution in [3.63, 3.8) is 0 Å². The minimum Gasteiger partial charge on any atom is -0.340 e. The second kappa shape index (κ2) is 5.16. The van der Waals surface area contributed by atoms with Crippen LogP contribution in [-0.2, 0) is 4.79 Å². The first-order chi connectivity index (χ1) is 7.41. The summed E-state index contributed by atoms with van der Waals surface area (Å²) in [5, 5.41) is 0. The summed E-state index contributed by atoms with van der Waals surface area (Å²) in [6.07, 6.45) is 1.83. The number of rotatable bonds is 2. The van der Waals surface area contributed by atoms with Gasteiger partial charge in [0.15, 0.2) is 0 Å². The number of hydrazine groups is 1. The topological polar surface area (TPSA) is 63.1 Å². The molecule has 1 aromatic heterocycles. The molecule has 0 unspecified atom stereocenters. The van der Waals surface area contributed by atoms with Crippen LogP contribution in [0, 0.1) is 0 Å². The van der Waals surface area contributed by atoms with E-state index < -0.39 is 0 Å². The predicted octanol–water partition coefficient (Wildman–Crippen LogP) is 1.61. The van der Waals surface area contributed by atoms with Crippen molar-refractivity contribution in [3.05, 3.63) is 22.4 Å². The molecule has 16 heavy (non-hydrogen) atoms. The minimum absolute atomic E-state index is 0.171. The molecule has 88 valence electrons. The standard InChI is InChI=1S/C10H14BrN3O2/c1-6(2)14-5-8(11)4-9(14)10(16)13-12-7(3)15/h4-6H,1-3H3,(H,12,15)(H,13,16). The number of carbonyl (C=O) groups is 2. The van der Waals surface area contributed by atoms with Crippen molar-refractivity contribution in [2.24, 2.45) is 0 Å². The molecule has 0 aliphatic heterocycles. The van der Waals surface area contributed by atoms with E-state index in [2.05, 4.69) is 26.8 Å². The van der Waals surface area contributed by atoms with E-state index in [1.165, 1.54) is 6.92 Å². The molecule has 2 N–H and O–H groups in total. The van der Waals surface area contributed by atoms with E-state index in [9.17, 15) is 9.59 Å². The number of nitrogens with zero attached hydrogens (tertiary/aromatic N) is 1. The van der Waals surface area contributed by atoms with E-state index >= 15 is 0 Å². The molecule has 0 fully saturated rings. The van der Waals surface area contributed by atoms with Gasteiger partial charge in [0.2, 0.25) is 5.91 Å². The molecule has 1 rings (SSSR count). The van der Waals surface area contributed by atoms with Crippen LogP contribution < -0.4 is 10.9 Å². The lowest BCUT2D eigenvalue weighted by molar-refractivity contribution is -0.119. The van der Waals surface area contributed by atoms with E-state index in [-0.39, 0.29) is 17.9 Å². The molecule has 2 amide bonds. The van der Waals surface area contributed by atoms with Crippen LogP contribution >= 0.6 is 15.9 Å². The van der Waals surface area contributed by atoms with E-state index in [0.717, 1.165) is 4.47 Å². The summed E-state index contributed by atoms with van der Waals surface area (Å²) in [5.74, 6) is -0.648. The molecule has 0 bridgehead atoms. The van der Waals surface area contributed by atoms with Gasteiger partial charge in [0.05, 0.1) is 0 Å². The molecular weight excluding hydrogens is 274 g/mol. The third-order valence-electron chi connectivity index (χ3n) is 1.96. The van der Waals surface area contributed by atoms with Gasteiger partial charge in [-0.3, -0.25) is 20.4 Å². The van der Waals surface area contributed by atoms with Gasteiger partial charge >= 0.3 is 0 Å². The van der Waals surface area contributed by atoms with Gasteiger partial charge in [-0.25, -0.2) is 0 Å². The van der Waals surface area contributed by atoms with Gasteiger partial charge in [-0.15, -0.1) is 0 Å². The maximum atomic E-state index is 11.7. The number of nitrogens with one attached hydrogen (secondary N) is 2. The molecule has 0 spiro atoms. The van der Waals surface area contributed by atoms with Gasteiger partial charge in [0.1, 0.15) is 5.69 Å². The smallest absolute Gasteiger partial charge is 0.286 e. The van der Waals surface area contributed by atoms with E-state index in [4.69, 9.17) is 0 Å². The fourth-order valence-corrected chi connectivity index (χ4v) is 1.70. The Morgan fingerprint density at radius 1 is 1.38 bits per heavy atom. The number of hydrogen-bond acceptors (Lipinski definition) is 2. The SMILES string of the molecule is CC(=O)NNC(=O)c1cc(Br)cn1C(C)C. The first-order valence-corrected chi connectivity index (χ1v) is 5.65. The van der Waals surface area contributed by atoms with Gasteiger partial charge in [-0.1, -0.05) is 0 Å². The highest BCUT2D eigenvalue weighted by molar-refractivity contribution is 9.10. The Kier molecular flexibility index (Phi) is 4.12. The lowest BCUT2D eigenvalue weighted by Crippen LogP contribution is -2.41. The molecule has 1 heterocycles. The zero-order valence-corrected chi connectivity index (χ0v) is 11.0. The number of hydrogen-bond donors (Lipinski definition) is 2. The summed E-state index contributed by atoms with van der Waals surface area (Å²) < 4.78 is 2.65. The highest BCUT2D eigenvalue weighted by atomic mass is 79.9. The van der Waals surface area contributed by atoms with E-state index in [1.807, 2.05) is 24.6 Å². The highest BCUT2D eigenvalue weighted by Crippen LogP contribution is 2.19. The zero-order chi connectivity index (χ0) is 12.3. The van der Waals surface area contributed by atoms with Crippen molar-refractivity contribution in [2.45, 2.75) is 26.8 Å². The Morgan fingerprint density at radius 2 is 2.00 bits per heavy atom. The molecule has 0 saturated carbocycles. The largest absolute Gasteiger partial charge is 0.340 e. The first kappa shape index (κ1) is 12.8. The summed E-state index contributed by atoms with van der Waals surface area (Å²) >= 11 is 3.31. The molecule has 0 atom stereocenters. The number of carbonyl (C=O) groups excluding carboxylic acids is 2. The fraction of sp³-hybridized carbons (Fsp3) is 0.400. The van der Waals surface area contributed by atoms with Crippen LogP contribution in [-0.4, -0.2) is 16.4 Å². The third-order valence-corrected chi connectivity index (χ3v) is 2.39. The highest BCUT2D eigenvalue weighted by Gasteiger charge is 2.14. The molecular formula is C10H14BrN3O2. The third kappa shape index (κ3) is 3.10. The van der Waals surface area contributed by atoms with Crippen LogP contribution in [0.1, 0.15) is 37.3 Å². The van der Waals surface area contributed by atoms with Crippen LogP contribution in [0.15, 0.2) is 16.7 Å². The molecule has 5 nitrogen and oxygen atoms in total. The van der Waals surface area contributed by atoms with Gasteiger partial charge in [-0.05, 0) is 35.8 Å². The monoisotopic (exact) mass is 287 g/mol. The normalized spacial score (nSPS) is 10.3. The van der Waals surface area contributed by atoms with Crippen LogP contribution in [0.3, 0.4) is 0 Å². The molecule has 0 aliphatic rings. The van der Waals surface area contributed by atoms with Gasteiger partial charge in [-0.2, -0.15) is 0 Å². The first-order valence-electron chi connectivity index (χ1n) is 4.86. The number of amides is 2. The maximum Gasteiger partial charge on any atom is 0.286 e. The summed E-state index contributed by atoms with van der Waals surface area (Å²) in [6, 6.07) is 1.88. The number of halogens is 1. The van der Waals surface area contributed by atoms with Crippen molar-refractivity contribution in [3.8, 4) is 0 Å². The summed E-state index contributed by atoms with van der Waals surface area (Å²) in [4.78, 5) is 22.4. The van der Waals surface area contributed by atoms with E-state index in [0.29, 0.717) is 5.69 Å². The Hall–Kier alpha value is -1.30. The van der Waals surface area contributed by atoms with Crippen molar-refractivity contribution in [1.82, 2.24) is 15.4 Å². The van der Waals surface area contributed by atoms with Gasteiger partial charge < -0.3 is 4.57 Å². The Morgan fingerprint density at radius 3 is 2.50 bits per heavy atom. The van der Waals surface area contributed by atoms with Crippen molar-refractivity contribution >= 4 is 27.7 Å². The molecule has 6 heteroatoms. The van der Waals surface area contributed by atoms with Gasteiger partial charge in [0, 0.05) is 23.6 Å². The minimum atomic E-state index is -0.338. The molecule has 0 saturated heterocycles.